The van der Waals surface area contributed by atoms with Crippen LogP contribution in [0.2, 0.25) is 0 Å². The zero-order valence-corrected chi connectivity index (χ0v) is 33.1. The van der Waals surface area contributed by atoms with Gasteiger partial charge >= 0.3 is 7.82 Å². The van der Waals surface area contributed by atoms with Gasteiger partial charge in [0.15, 0.2) is 0 Å². The minimum absolute atomic E-state index is 0.264. The Morgan fingerprint density at radius 1 is 0.660 bits per heavy atom. The molecule has 0 bridgehead atoms. The van der Waals surface area contributed by atoms with E-state index in [-0.39, 0.29) is 6.42 Å². The largest absolute Gasteiger partial charge is 0.472 e. The maximum atomic E-state index is 12.9. The van der Waals surface area contributed by atoms with Crippen molar-refractivity contribution < 1.29 is 59.0 Å². The highest BCUT2D eigenvalue weighted by molar-refractivity contribution is 7.47. The number of unbranched alkanes of at least 4 members (excludes halogenated alkanes) is 14. The van der Waals surface area contributed by atoms with Crippen molar-refractivity contribution in [3.63, 3.8) is 0 Å². The molecule has 1 amide bonds. The van der Waals surface area contributed by atoms with Crippen molar-refractivity contribution >= 4 is 13.7 Å². The maximum absolute atomic E-state index is 12.9. The smallest absolute Gasteiger partial charge is 0.393 e. The predicted molar refractivity (Wildman–Crippen MR) is 206 cm³/mol. The van der Waals surface area contributed by atoms with Crippen molar-refractivity contribution in [3.8, 4) is 0 Å². The number of rotatable bonds is 31. The Kier molecular flexibility index (Phi) is 27.8. The van der Waals surface area contributed by atoms with E-state index >= 15 is 0 Å². The molecule has 0 aliphatic heterocycles. The number of hydrogen-bond donors (Lipinski definition) is 9. The summed E-state index contributed by atoms with van der Waals surface area (Å²) < 4.78 is 22.7. The van der Waals surface area contributed by atoms with Crippen LogP contribution in [0.15, 0.2) is 36.5 Å². The van der Waals surface area contributed by atoms with E-state index in [1.54, 1.807) is 6.08 Å². The van der Waals surface area contributed by atoms with E-state index in [9.17, 15) is 50.0 Å². The lowest BCUT2D eigenvalue weighted by Gasteiger charge is -2.41. The number of hydrogen-bond acceptors (Lipinski definition) is 11. The van der Waals surface area contributed by atoms with Crippen LogP contribution in [0.5, 0.6) is 0 Å². The van der Waals surface area contributed by atoms with E-state index in [1.165, 1.54) is 57.4 Å². The molecule has 1 fully saturated rings. The maximum Gasteiger partial charge on any atom is 0.472 e. The fourth-order valence-corrected chi connectivity index (χ4v) is 7.04. The first-order valence-electron chi connectivity index (χ1n) is 20.0. The van der Waals surface area contributed by atoms with Crippen LogP contribution in [0.4, 0.5) is 0 Å². The molecular weight excluding hydrogens is 705 g/mol. The first-order chi connectivity index (χ1) is 25.3. The van der Waals surface area contributed by atoms with Crippen LogP contribution in [0.1, 0.15) is 142 Å². The van der Waals surface area contributed by atoms with Crippen LogP contribution in [0.25, 0.3) is 0 Å². The first kappa shape index (κ1) is 49.5. The molecule has 0 saturated heterocycles. The summed E-state index contributed by atoms with van der Waals surface area (Å²) in [7, 11) is -5.14. The average molecular weight is 778 g/mol. The molecule has 8 atom stereocenters. The van der Waals surface area contributed by atoms with Crippen LogP contribution in [-0.4, -0.2) is 108 Å². The van der Waals surface area contributed by atoms with Crippen molar-refractivity contribution in [3.05, 3.63) is 36.5 Å². The van der Waals surface area contributed by atoms with E-state index in [0.717, 1.165) is 57.8 Å². The molecule has 0 aromatic carbocycles. The fraction of sp³-hybridized carbons (Fsp3) is 0.821. The first-order valence-corrected chi connectivity index (χ1v) is 21.5. The van der Waals surface area contributed by atoms with Crippen LogP contribution in [-0.2, 0) is 18.4 Å². The predicted octanol–water partition coefficient (Wildman–Crippen LogP) is 5.02. The van der Waals surface area contributed by atoms with Gasteiger partial charge in [0.05, 0.1) is 31.3 Å². The van der Waals surface area contributed by atoms with E-state index in [2.05, 4.69) is 37.4 Å². The van der Waals surface area contributed by atoms with Gasteiger partial charge in [0.1, 0.15) is 36.6 Å². The van der Waals surface area contributed by atoms with Crippen molar-refractivity contribution in [1.82, 2.24) is 5.32 Å². The van der Waals surface area contributed by atoms with Crippen LogP contribution < -0.4 is 5.32 Å². The highest BCUT2D eigenvalue weighted by Gasteiger charge is 2.51. The lowest BCUT2D eigenvalue weighted by molar-refractivity contribution is -0.220. The minimum atomic E-state index is -5.14. The lowest BCUT2D eigenvalue weighted by Crippen LogP contribution is -2.64. The second-order valence-electron chi connectivity index (χ2n) is 14.3. The van der Waals surface area contributed by atoms with Gasteiger partial charge in [-0.1, -0.05) is 115 Å². The molecule has 0 radical (unpaired) electrons. The van der Waals surface area contributed by atoms with Crippen molar-refractivity contribution in [2.24, 2.45) is 0 Å². The number of carbonyl (C=O) groups excluding carboxylic acids is 1. The van der Waals surface area contributed by atoms with Crippen LogP contribution >= 0.6 is 7.82 Å². The minimum Gasteiger partial charge on any atom is -0.393 e. The Hall–Kier alpha value is -1.48. The topological polar surface area (TPSA) is 226 Å². The van der Waals surface area contributed by atoms with E-state index in [1.807, 2.05) is 6.08 Å². The third-order valence-corrected chi connectivity index (χ3v) is 10.4. The number of amides is 1. The molecular formula is C39H72NO12P. The summed E-state index contributed by atoms with van der Waals surface area (Å²) in [6.45, 7) is 3.61. The van der Waals surface area contributed by atoms with Crippen LogP contribution in [0, 0.1) is 0 Å². The molecule has 9 N–H and O–H groups in total. The molecule has 0 spiro atoms. The second-order valence-corrected chi connectivity index (χ2v) is 15.7. The second kappa shape index (κ2) is 29.8. The zero-order chi connectivity index (χ0) is 39.5. The summed E-state index contributed by atoms with van der Waals surface area (Å²) >= 11 is 0. The molecule has 1 aliphatic rings. The Morgan fingerprint density at radius 3 is 1.70 bits per heavy atom. The van der Waals surface area contributed by atoms with Gasteiger partial charge in [-0.25, -0.2) is 4.57 Å². The number of aliphatic hydroxyl groups is 7. The average Bonchev–Trinajstić information content (AvgIpc) is 3.12. The Balaban J connectivity index is 2.63. The van der Waals surface area contributed by atoms with Crippen molar-refractivity contribution in [1.29, 1.82) is 0 Å². The molecule has 8 unspecified atom stereocenters. The Labute approximate surface area is 317 Å². The number of allylic oxidation sites excluding steroid dienone is 5. The van der Waals surface area contributed by atoms with Gasteiger partial charge in [-0.05, 0) is 57.8 Å². The van der Waals surface area contributed by atoms with Crippen molar-refractivity contribution in [2.75, 3.05) is 6.61 Å². The highest BCUT2D eigenvalue weighted by Crippen LogP contribution is 2.47. The molecule has 0 heterocycles. The molecule has 1 aliphatic carbocycles. The summed E-state index contributed by atoms with van der Waals surface area (Å²) in [5.41, 5.74) is 0. The molecule has 14 heteroatoms. The van der Waals surface area contributed by atoms with E-state index in [4.69, 9.17) is 9.05 Å². The van der Waals surface area contributed by atoms with Gasteiger partial charge in [-0.3, -0.25) is 13.8 Å². The van der Waals surface area contributed by atoms with Gasteiger partial charge in [-0.2, -0.15) is 0 Å². The fourth-order valence-electron chi connectivity index (χ4n) is 6.07. The lowest BCUT2D eigenvalue weighted by atomic mass is 9.85. The molecule has 0 aromatic rings. The van der Waals surface area contributed by atoms with Gasteiger partial charge in [0.25, 0.3) is 0 Å². The van der Waals surface area contributed by atoms with Crippen LogP contribution in [0.3, 0.4) is 0 Å². The highest BCUT2D eigenvalue weighted by atomic mass is 31.2. The van der Waals surface area contributed by atoms with E-state index in [0.29, 0.717) is 12.8 Å². The number of phosphoric acid groups is 1. The molecule has 1 rings (SSSR count). The van der Waals surface area contributed by atoms with E-state index < -0.39 is 75.2 Å². The summed E-state index contributed by atoms with van der Waals surface area (Å²) in [4.78, 5) is 23.2. The quantitative estimate of drug-likeness (QED) is 0.0257. The molecule has 310 valence electrons. The third-order valence-electron chi connectivity index (χ3n) is 9.45. The monoisotopic (exact) mass is 777 g/mol. The normalized spacial score (nSPS) is 25.2. The summed E-state index contributed by atoms with van der Waals surface area (Å²) in [6, 6.07) is -1.26. The summed E-state index contributed by atoms with van der Waals surface area (Å²) in [6.07, 6.45) is 17.0. The van der Waals surface area contributed by atoms with Crippen molar-refractivity contribution in [2.45, 2.75) is 197 Å². The summed E-state index contributed by atoms with van der Waals surface area (Å²) in [5, 5.41) is 73.9. The van der Waals surface area contributed by atoms with Gasteiger partial charge in [-0.15, -0.1) is 0 Å². The number of phosphoric ester groups is 1. The molecule has 53 heavy (non-hydrogen) atoms. The van der Waals surface area contributed by atoms with Gasteiger partial charge in [0.2, 0.25) is 5.91 Å². The van der Waals surface area contributed by atoms with Gasteiger partial charge < -0.3 is 46.0 Å². The SMILES string of the molecule is CCCCC/C=C/CC/C=C/C(O)C(COP(=O)(O)OC1C(O)C(O)C(O)C(O)C1O)NC(=O)CC(O)CCCCC/C=C\CCCCCCCCC. The van der Waals surface area contributed by atoms with Gasteiger partial charge in [0, 0.05) is 0 Å². The third kappa shape index (κ3) is 22.6. The number of nitrogens with one attached hydrogen (secondary N) is 1. The number of aliphatic hydroxyl groups excluding tert-OH is 7. The Bertz CT molecular complexity index is 1060. The standard InChI is InChI=1S/C39H72NO12P/c1-3-5-7-9-11-13-14-15-16-17-19-20-22-24-26-30(41)28-33(43)40-31(32(42)27-25-23-21-18-12-10-8-6-4-2)29-51-53(49,50)52-39-37(47)35(45)34(44)36(46)38(39)48/h12,16-18,25,27,30-32,34-39,41-42,44-48H,3-11,13-15,19-24,26,28-29H2,1-2H3,(H,40,43)(H,49,50)/b17-16-,18-12+,27-25+. The Morgan fingerprint density at radius 2 is 1.11 bits per heavy atom. The molecule has 13 nitrogen and oxygen atoms in total. The zero-order valence-electron chi connectivity index (χ0n) is 32.2. The summed E-state index contributed by atoms with van der Waals surface area (Å²) in [5.74, 6) is -0.617. The number of carbonyl (C=O) groups is 1. The molecule has 0 aromatic heterocycles. The molecule has 1 saturated carbocycles.